The first-order valence-electron chi connectivity index (χ1n) is 6.72. The van der Waals surface area contributed by atoms with Crippen LogP contribution in [0.1, 0.15) is 19.8 Å². The van der Waals surface area contributed by atoms with E-state index in [1.54, 1.807) is 4.90 Å². The van der Waals surface area contributed by atoms with Crippen LogP contribution < -0.4 is 10.2 Å². The van der Waals surface area contributed by atoms with E-state index in [-0.39, 0.29) is 18.1 Å². The van der Waals surface area contributed by atoms with Crippen LogP contribution >= 0.6 is 11.8 Å². The molecule has 6 heteroatoms. The molecule has 2 heterocycles. The van der Waals surface area contributed by atoms with Gasteiger partial charge in [0.05, 0.1) is 18.0 Å². The molecule has 3 rings (SSSR count). The van der Waals surface area contributed by atoms with E-state index < -0.39 is 0 Å². The molecule has 0 bridgehead atoms. The summed E-state index contributed by atoms with van der Waals surface area (Å²) in [5, 5.41) is 2.84. The third-order valence-corrected chi connectivity index (χ3v) is 4.47. The fourth-order valence-corrected chi connectivity index (χ4v) is 3.23. The molecule has 1 aromatic carbocycles. The molecule has 0 unspecified atom stereocenters. The molecule has 1 fully saturated rings. The number of anilines is 2. The van der Waals surface area contributed by atoms with E-state index in [0.717, 1.165) is 29.1 Å². The van der Waals surface area contributed by atoms with E-state index in [1.807, 2.05) is 18.2 Å². The van der Waals surface area contributed by atoms with Gasteiger partial charge in [-0.05, 0) is 24.6 Å². The van der Waals surface area contributed by atoms with Crippen molar-refractivity contribution in [3.63, 3.8) is 0 Å². The van der Waals surface area contributed by atoms with Crippen molar-refractivity contribution in [2.45, 2.75) is 30.8 Å². The lowest BCUT2D eigenvalue weighted by atomic mass is 10.2. The highest BCUT2D eigenvalue weighted by atomic mass is 32.2. The second-order valence-corrected chi connectivity index (χ2v) is 5.94. The fraction of sp³-hybridized carbons (Fsp3) is 0.429. The summed E-state index contributed by atoms with van der Waals surface area (Å²) < 4.78 is 5.33. The quantitative estimate of drug-likeness (QED) is 0.930. The van der Waals surface area contributed by atoms with Crippen molar-refractivity contribution in [2.75, 3.05) is 22.5 Å². The summed E-state index contributed by atoms with van der Waals surface area (Å²) in [6.07, 6.45) is 1.52. The molecule has 0 radical (unpaired) electrons. The molecule has 1 atom stereocenters. The molecule has 106 valence electrons. The van der Waals surface area contributed by atoms with Crippen LogP contribution in [0.4, 0.5) is 16.2 Å². The van der Waals surface area contributed by atoms with Crippen LogP contribution in [-0.2, 0) is 9.53 Å². The van der Waals surface area contributed by atoms with Crippen LogP contribution in [0.2, 0.25) is 0 Å². The van der Waals surface area contributed by atoms with Crippen molar-refractivity contribution in [1.82, 2.24) is 0 Å². The zero-order valence-electron chi connectivity index (χ0n) is 11.2. The number of carbonyl (C=O) groups is 2. The number of thioether (sulfide) groups is 1. The molecule has 5 nitrogen and oxygen atoms in total. The minimum absolute atomic E-state index is 0.00694. The summed E-state index contributed by atoms with van der Waals surface area (Å²) >= 11 is 1.51. The van der Waals surface area contributed by atoms with Gasteiger partial charge in [-0.3, -0.25) is 9.69 Å². The van der Waals surface area contributed by atoms with Gasteiger partial charge in [-0.1, -0.05) is 13.3 Å². The highest BCUT2D eigenvalue weighted by molar-refractivity contribution is 8.00. The van der Waals surface area contributed by atoms with Gasteiger partial charge in [0.2, 0.25) is 5.91 Å². The van der Waals surface area contributed by atoms with E-state index >= 15 is 0 Å². The van der Waals surface area contributed by atoms with Crippen molar-refractivity contribution in [3.8, 4) is 0 Å². The molecule has 20 heavy (non-hydrogen) atoms. The van der Waals surface area contributed by atoms with E-state index in [9.17, 15) is 9.59 Å². The van der Waals surface area contributed by atoms with Gasteiger partial charge in [-0.25, -0.2) is 4.79 Å². The van der Waals surface area contributed by atoms with E-state index in [1.165, 1.54) is 11.8 Å². The van der Waals surface area contributed by atoms with Gasteiger partial charge in [0, 0.05) is 10.6 Å². The maximum Gasteiger partial charge on any atom is 0.414 e. The maximum absolute atomic E-state index is 11.9. The average molecular weight is 292 g/mol. The first kappa shape index (κ1) is 13.3. The summed E-state index contributed by atoms with van der Waals surface area (Å²) in [4.78, 5) is 26.0. The molecular formula is C14H16N2O3S. The number of cyclic esters (lactones) is 1. The largest absolute Gasteiger partial charge is 0.444 e. The molecule has 1 N–H and O–H groups in total. The number of nitrogens with zero attached hydrogens (tertiary/aromatic N) is 1. The number of rotatable bonds is 3. The van der Waals surface area contributed by atoms with Gasteiger partial charge < -0.3 is 10.1 Å². The van der Waals surface area contributed by atoms with Gasteiger partial charge in [0.25, 0.3) is 0 Å². The van der Waals surface area contributed by atoms with Crippen LogP contribution in [0.15, 0.2) is 23.1 Å². The summed E-state index contributed by atoms with van der Waals surface area (Å²) in [6, 6.07) is 5.68. The monoisotopic (exact) mass is 292 g/mol. The maximum atomic E-state index is 11.9. The topological polar surface area (TPSA) is 58.6 Å². The molecule has 2 aliphatic rings. The Morgan fingerprint density at radius 3 is 3.10 bits per heavy atom. The van der Waals surface area contributed by atoms with E-state index in [0.29, 0.717) is 12.3 Å². The predicted molar refractivity (Wildman–Crippen MR) is 78.3 cm³/mol. The van der Waals surface area contributed by atoms with Crippen LogP contribution in [0.3, 0.4) is 0 Å². The van der Waals surface area contributed by atoms with Gasteiger partial charge in [0.1, 0.15) is 6.10 Å². The minimum atomic E-state index is -0.307. The van der Waals surface area contributed by atoms with Crippen molar-refractivity contribution >= 4 is 35.1 Å². The standard InChI is InChI=1S/C14H16N2O3S/c1-2-3-10-7-16(14(18)19-10)9-4-5-12-11(6-9)15-13(17)8-20-12/h4-6,10H,2-3,7-8H2,1H3,(H,15,17)/t10-/m0/s1. The average Bonchev–Trinajstić information content (AvgIpc) is 2.79. The van der Waals surface area contributed by atoms with Crippen LogP contribution in [0, 0.1) is 0 Å². The van der Waals surface area contributed by atoms with Gasteiger partial charge in [-0.2, -0.15) is 0 Å². The lowest BCUT2D eigenvalue weighted by Crippen LogP contribution is -2.25. The Kier molecular flexibility index (Phi) is 3.56. The SMILES string of the molecule is CCC[C@H]1CN(c2ccc3c(c2)NC(=O)CS3)C(=O)O1. The molecule has 2 aliphatic heterocycles. The zero-order valence-corrected chi connectivity index (χ0v) is 12.0. The van der Waals surface area contributed by atoms with Crippen molar-refractivity contribution < 1.29 is 14.3 Å². The Hall–Kier alpha value is -1.69. The van der Waals surface area contributed by atoms with Crippen molar-refractivity contribution in [1.29, 1.82) is 0 Å². The number of hydrogen-bond acceptors (Lipinski definition) is 4. The Morgan fingerprint density at radius 1 is 1.45 bits per heavy atom. The second kappa shape index (κ2) is 5.36. The Morgan fingerprint density at radius 2 is 2.30 bits per heavy atom. The minimum Gasteiger partial charge on any atom is -0.444 e. The Bertz CT molecular complexity index is 561. The summed E-state index contributed by atoms with van der Waals surface area (Å²) in [5.41, 5.74) is 1.55. The number of benzene rings is 1. The van der Waals surface area contributed by atoms with Crippen LogP contribution in [0.25, 0.3) is 0 Å². The number of ether oxygens (including phenoxy) is 1. The molecule has 0 aromatic heterocycles. The number of hydrogen-bond donors (Lipinski definition) is 1. The molecule has 1 aromatic rings. The Balaban J connectivity index is 1.82. The normalized spacial score (nSPS) is 21.4. The number of fused-ring (bicyclic) bond motifs is 1. The van der Waals surface area contributed by atoms with Gasteiger partial charge >= 0.3 is 6.09 Å². The molecule has 1 saturated heterocycles. The highest BCUT2D eigenvalue weighted by Crippen LogP contribution is 2.35. The van der Waals surface area contributed by atoms with Crippen molar-refractivity contribution in [3.05, 3.63) is 18.2 Å². The molecule has 2 amide bonds. The molecular weight excluding hydrogens is 276 g/mol. The van der Waals surface area contributed by atoms with Crippen LogP contribution in [-0.4, -0.2) is 30.4 Å². The van der Waals surface area contributed by atoms with Crippen LogP contribution in [0.5, 0.6) is 0 Å². The Labute approximate surface area is 121 Å². The smallest absolute Gasteiger partial charge is 0.414 e. The molecule has 0 saturated carbocycles. The lowest BCUT2D eigenvalue weighted by Gasteiger charge is -2.19. The first-order chi connectivity index (χ1) is 9.67. The number of carbonyl (C=O) groups excluding carboxylic acids is 2. The summed E-state index contributed by atoms with van der Waals surface area (Å²) in [6.45, 7) is 2.65. The third kappa shape index (κ3) is 2.47. The highest BCUT2D eigenvalue weighted by Gasteiger charge is 2.32. The molecule has 0 spiro atoms. The summed E-state index contributed by atoms with van der Waals surface area (Å²) in [5.74, 6) is 0.434. The fourth-order valence-electron chi connectivity index (χ4n) is 2.44. The molecule has 0 aliphatic carbocycles. The first-order valence-corrected chi connectivity index (χ1v) is 7.71. The van der Waals surface area contributed by atoms with Gasteiger partial charge in [0.15, 0.2) is 0 Å². The lowest BCUT2D eigenvalue weighted by molar-refractivity contribution is -0.113. The van der Waals surface area contributed by atoms with Gasteiger partial charge in [-0.15, -0.1) is 11.8 Å². The van der Waals surface area contributed by atoms with E-state index in [4.69, 9.17) is 4.74 Å². The number of amides is 2. The third-order valence-electron chi connectivity index (χ3n) is 3.39. The van der Waals surface area contributed by atoms with E-state index in [2.05, 4.69) is 12.2 Å². The number of nitrogens with one attached hydrogen (secondary N) is 1. The summed E-state index contributed by atoms with van der Waals surface area (Å²) in [7, 11) is 0. The predicted octanol–water partition coefficient (Wildman–Crippen LogP) is 2.86. The zero-order chi connectivity index (χ0) is 14.1. The second-order valence-electron chi connectivity index (χ2n) is 4.92. The van der Waals surface area contributed by atoms with Crippen molar-refractivity contribution in [2.24, 2.45) is 0 Å².